The van der Waals surface area contributed by atoms with E-state index in [9.17, 15) is 9.59 Å². The molecule has 0 saturated heterocycles. The van der Waals surface area contributed by atoms with Gasteiger partial charge in [0.15, 0.2) is 0 Å². The first kappa shape index (κ1) is 18.2. The van der Waals surface area contributed by atoms with Crippen molar-refractivity contribution >= 4 is 12.1 Å². The van der Waals surface area contributed by atoms with E-state index in [1.807, 2.05) is 0 Å². The number of carbonyl (C=O) groups excluding carboxylic acids is 1. The van der Waals surface area contributed by atoms with Gasteiger partial charge in [0, 0.05) is 0 Å². The zero-order valence-corrected chi connectivity index (χ0v) is 16.5. The molecule has 0 fully saturated rings. The average Bonchev–Trinajstić information content (AvgIpc) is 1.79. The Morgan fingerprint density at radius 1 is 1.20 bits per heavy atom. The zero-order valence-electron chi connectivity index (χ0n) is 11.2. The molecule has 5 nitrogen and oxygen atoms in total. The van der Waals surface area contributed by atoms with Crippen molar-refractivity contribution in [2.45, 2.75) is 45.8 Å². The van der Waals surface area contributed by atoms with Crippen LogP contribution in [0.1, 0.15) is 36.0 Å². The first-order valence-corrected chi connectivity index (χ1v) is 4.29. The monoisotopic (exact) mass is 337 g/mol. The molecule has 0 aromatic rings. The van der Waals surface area contributed by atoms with E-state index in [-0.39, 0.29) is 70.3 Å². The summed E-state index contributed by atoms with van der Waals surface area (Å²) < 4.78 is 4.91. The van der Waals surface area contributed by atoms with Gasteiger partial charge in [-0.15, -0.1) is 0 Å². The second-order valence-electron chi connectivity index (χ2n) is 4.56. The summed E-state index contributed by atoms with van der Waals surface area (Å²) in [7, 11) is 0. The molecule has 15 heavy (non-hydrogen) atoms. The van der Waals surface area contributed by atoms with Gasteiger partial charge in [-0.25, -0.2) is 9.59 Å². The molecular weight excluding hydrogens is 319 g/mol. The Bertz CT molecular complexity index is 250. The third-order valence-electron chi connectivity index (χ3n) is 1.35. The van der Waals surface area contributed by atoms with Crippen molar-refractivity contribution in [1.29, 1.82) is 0 Å². The molecule has 0 saturated carbocycles. The number of ether oxygens (including phenoxy) is 1. The van der Waals surface area contributed by atoms with E-state index in [0.717, 1.165) is 0 Å². The Labute approximate surface area is 150 Å². The number of alkyl carbamates (subject to hydrolysis) is 1. The Hall–Kier alpha value is 0.792. The predicted octanol–water partition coefficient (Wildman–Crippen LogP) is -1.51. The molecule has 0 aliphatic heterocycles. The maximum atomic E-state index is 11.2. The smallest absolute Gasteiger partial charge is 1.00 e. The number of aliphatic carboxylic acids is 1. The van der Waals surface area contributed by atoms with Gasteiger partial charge < -0.3 is 16.6 Å². The number of nitrogens with one attached hydrogen (secondary N) is 1. The number of hydrogen-bond donors (Lipinski definition) is 2. The third kappa shape index (κ3) is 8.58. The van der Waals surface area contributed by atoms with Crippen LogP contribution in [0.4, 0.5) is 4.79 Å². The van der Waals surface area contributed by atoms with E-state index in [1.165, 1.54) is 13.8 Å². The van der Waals surface area contributed by atoms with E-state index < -0.39 is 23.2 Å². The van der Waals surface area contributed by atoms with Crippen LogP contribution < -0.4 is 74.2 Å². The second kappa shape index (κ2) is 6.51. The van der Waals surface area contributed by atoms with Crippen LogP contribution in [0.2, 0.25) is 0 Å². The standard InChI is InChI=1S/C9H17NO4.Cs.H/c1-8(2,3)14-7(13)10-9(4,5)6(11)12;;/h1-5H3,(H,10,13)(H,11,12);;/q;+1;-1. The maximum Gasteiger partial charge on any atom is 1.00 e. The summed E-state index contributed by atoms with van der Waals surface area (Å²) in [5.74, 6) is -1.11. The number of amides is 1. The SMILES string of the molecule is CC(C)(C)OC(=O)NC(C)(C)C(=O)O.[Cs+].[H-]. The molecule has 0 atom stereocenters. The number of carboxylic acid groups (broad SMARTS) is 1. The fourth-order valence-corrected chi connectivity index (χ4v) is 0.612. The average molecular weight is 337 g/mol. The molecule has 6 heteroatoms. The van der Waals surface area contributed by atoms with Gasteiger partial charge >= 0.3 is 81.0 Å². The van der Waals surface area contributed by atoms with Crippen LogP contribution >= 0.6 is 0 Å². The Morgan fingerprint density at radius 2 is 1.60 bits per heavy atom. The summed E-state index contributed by atoms with van der Waals surface area (Å²) >= 11 is 0. The maximum absolute atomic E-state index is 11.2. The van der Waals surface area contributed by atoms with E-state index in [4.69, 9.17) is 9.84 Å². The van der Waals surface area contributed by atoms with Crippen LogP contribution in [-0.4, -0.2) is 28.3 Å². The molecule has 0 unspecified atom stereocenters. The van der Waals surface area contributed by atoms with Crippen molar-refractivity contribution in [3.63, 3.8) is 0 Å². The van der Waals surface area contributed by atoms with Gasteiger partial charge in [0.25, 0.3) is 0 Å². The van der Waals surface area contributed by atoms with Crippen molar-refractivity contribution < 1.29 is 89.8 Å². The van der Waals surface area contributed by atoms with Crippen molar-refractivity contribution in [1.82, 2.24) is 5.32 Å². The van der Waals surface area contributed by atoms with Gasteiger partial charge in [-0.1, -0.05) is 0 Å². The molecule has 0 aliphatic carbocycles. The van der Waals surface area contributed by atoms with Crippen molar-refractivity contribution in [3.05, 3.63) is 0 Å². The van der Waals surface area contributed by atoms with E-state index in [1.54, 1.807) is 20.8 Å². The number of carbonyl (C=O) groups is 2. The minimum atomic E-state index is -1.32. The van der Waals surface area contributed by atoms with Gasteiger partial charge in [0.2, 0.25) is 0 Å². The van der Waals surface area contributed by atoms with Crippen molar-refractivity contribution in [2.75, 3.05) is 0 Å². The number of rotatable bonds is 2. The molecule has 84 valence electrons. The first-order chi connectivity index (χ1) is 6.04. The topological polar surface area (TPSA) is 75.6 Å². The first-order valence-electron chi connectivity index (χ1n) is 4.29. The summed E-state index contributed by atoms with van der Waals surface area (Å²) in [5.41, 5.74) is -1.94. The van der Waals surface area contributed by atoms with Gasteiger partial charge in [-0.05, 0) is 34.6 Å². The summed E-state index contributed by atoms with van der Waals surface area (Å²) in [6.45, 7) is 7.90. The summed E-state index contributed by atoms with van der Waals surface area (Å²) in [4.78, 5) is 21.8. The molecule has 0 heterocycles. The normalized spacial score (nSPS) is 11.3. The molecule has 0 spiro atoms. The van der Waals surface area contributed by atoms with Crippen LogP contribution in [0.25, 0.3) is 0 Å². The van der Waals surface area contributed by atoms with Gasteiger partial charge in [0.1, 0.15) is 11.1 Å². The van der Waals surface area contributed by atoms with E-state index in [2.05, 4.69) is 5.32 Å². The van der Waals surface area contributed by atoms with Crippen molar-refractivity contribution in [2.24, 2.45) is 0 Å². The second-order valence-corrected chi connectivity index (χ2v) is 4.56. The zero-order chi connectivity index (χ0) is 11.6. The molecule has 0 radical (unpaired) electrons. The summed E-state index contributed by atoms with van der Waals surface area (Å²) in [6, 6.07) is 0. The van der Waals surface area contributed by atoms with Crippen LogP contribution in [0.5, 0.6) is 0 Å². The minimum absolute atomic E-state index is 0. The van der Waals surface area contributed by atoms with E-state index >= 15 is 0 Å². The van der Waals surface area contributed by atoms with Gasteiger partial charge in [-0.2, -0.15) is 0 Å². The third-order valence-corrected chi connectivity index (χ3v) is 1.35. The van der Waals surface area contributed by atoms with Crippen LogP contribution in [-0.2, 0) is 9.53 Å². The molecular formula is C9H18CsNO4. The van der Waals surface area contributed by atoms with Gasteiger partial charge in [0.05, 0.1) is 0 Å². The molecule has 2 N–H and O–H groups in total. The fourth-order valence-electron chi connectivity index (χ4n) is 0.612. The van der Waals surface area contributed by atoms with Crippen molar-refractivity contribution in [3.8, 4) is 0 Å². The quantitative estimate of drug-likeness (QED) is 0.643. The molecule has 0 aliphatic rings. The Kier molecular flexibility index (Phi) is 7.88. The van der Waals surface area contributed by atoms with Gasteiger partial charge in [-0.3, -0.25) is 0 Å². The van der Waals surface area contributed by atoms with Crippen LogP contribution in [0.15, 0.2) is 0 Å². The number of carboxylic acids is 1. The summed E-state index contributed by atoms with van der Waals surface area (Å²) in [5, 5.41) is 11.0. The van der Waals surface area contributed by atoms with E-state index in [0.29, 0.717) is 0 Å². The van der Waals surface area contributed by atoms with Crippen LogP contribution in [0, 0.1) is 0 Å². The largest absolute Gasteiger partial charge is 1.00 e. The number of hydrogen-bond acceptors (Lipinski definition) is 3. The molecule has 0 aromatic heterocycles. The Morgan fingerprint density at radius 3 is 1.87 bits per heavy atom. The minimum Gasteiger partial charge on any atom is -1.00 e. The molecule has 0 aromatic carbocycles. The molecule has 0 bridgehead atoms. The van der Waals surface area contributed by atoms with Crippen LogP contribution in [0.3, 0.4) is 0 Å². The molecule has 1 amide bonds. The fraction of sp³-hybridized carbons (Fsp3) is 0.778. The Balaban J connectivity index is -0.000000845. The summed E-state index contributed by atoms with van der Waals surface area (Å²) in [6.07, 6.45) is -0.732. The predicted molar refractivity (Wildman–Crippen MR) is 52.2 cm³/mol. The molecule has 0 rings (SSSR count).